The molecule has 1 aromatic rings. The fourth-order valence-corrected chi connectivity index (χ4v) is 2.41. The Labute approximate surface area is 126 Å². The van der Waals surface area contributed by atoms with E-state index in [0.29, 0.717) is 19.4 Å². The van der Waals surface area contributed by atoms with Crippen LogP contribution in [0, 0.1) is 6.92 Å². The Morgan fingerprint density at radius 2 is 1.90 bits per heavy atom. The predicted molar refractivity (Wildman–Crippen MR) is 83.3 cm³/mol. The van der Waals surface area contributed by atoms with Gasteiger partial charge in [-0.2, -0.15) is 0 Å². The molecular weight excluding hydrogens is 266 g/mol. The van der Waals surface area contributed by atoms with Gasteiger partial charge in [0, 0.05) is 19.4 Å². The molecule has 0 radical (unpaired) electrons. The number of aliphatic carboxylic acids is 1. The standard InChI is InChI=1S/C17H25NO3/c1-13-8-5-6-9-15(13)14(2)12-16(19)18-11-7-3-4-10-17(20)21/h5-6,8-9,14H,3-4,7,10-12H2,1-2H3,(H,18,19)(H,20,21). The van der Waals surface area contributed by atoms with E-state index in [1.807, 2.05) is 12.1 Å². The molecule has 0 spiro atoms. The van der Waals surface area contributed by atoms with Gasteiger partial charge in [0.25, 0.3) is 0 Å². The molecule has 4 heteroatoms. The number of aryl methyl sites for hydroxylation is 1. The average molecular weight is 291 g/mol. The van der Waals surface area contributed by atoms with E-state index in [1.165, 1.54) is 11.1 Å². The third-order valence-corrected chi connectivity index (χ3v) is 3.60. The van der Waals surface area contributed by atoms with E-state index in [2.05, 4.69) is 31.3 Å². The van der Waals surface area contributed by atoms with Crippen LogP contribution >= 0.6 is 0 Å². The number of rotatable bonds is 9. The van der Waals surface area contributed by atoms with Crippen molar-refractivity contribution >= 4 is 11.9 Å². The fraction of sp³-hybridized carbons (Fsp3) is 0.529. The van der Waals surface area contributed by atoms with Crippen molar-refractivity contribution in [2.24, 2.45) is 0 Å². The Morgan fingerprint density at radius 3 is 2.57 bits per heavy atom. The van der Waals surface area contributed by atoms with Crippen molar-refractivity contribution in [3.05, 3.63) is 35.4 Å². The molecule has 0 heterocycles. The maximum atomic E-state index is 11.9. The average Bonchev–Trinajstić information content (AvgIpc) is 2.42. The molecule has 4 nitrogen and oxygen atoms in total. The number of hydrogen-bond donors (Lipinski definition) is 2. The van der Waals surface area contributed by atoms with E-state index < -0.39 is 5.97 Å². The lowest BCUT2D eigenvalue weighted by Crippen LogP contribution is -2.25. The second-order valence-corrected chi connectivity index (χ2v) is 5.52. The van der Waals surface area contributed by atoms with Crippen LogP contribution in [-0.4, -0.2) is 23.5 Å². The summed E-state index contributed by atoms with van der Waals surface area (Å²) in [6.07, 6.45) is 3.03. The zero-order chi connectivity index (χ0) is 15.7. The number of carboxylic acid groups (broad SMARTS) is 1. The van der Waals surface area contributed by atoms with Crippen molar-refractivity contribution in [1.82, 2.24) is 5.32 Å². The first-order valence-corrected chi connectivity index (χ1v) is 7.54. The minimum atomic E-state index is -0.758. The summed E-state index contributed by atoms with van der Waals surface area (Å²) in [5.41, 5.74) is 2.43. The van der Waals surface area contributed by atoms with E-state index in [9.17, 15) is 9.59 Å². The quantitative estimate of drug-likeness (QED) is 0.686. The van der Waals surface area contributed by atoms with Gasteiger partial charge in [0.15, 0.2) is 0 Å². The van der Waals surface area contributed by atoms with Crippen molar-refractivity contribution in [1.29, 1.82) is 0 Å². The van der Waals surface area contributed by atoms with Crippen LogP contribution in [-0.2, 0) is 9.59 Å². The molecule has 0 fully saturated rings. The van der Waals surface area contributed by atoms with E-state index in [4.69, 9.17) is 5.11 Å². The Balaban J connectivity index is 2.22. The monoisotopic (exact) mass is 291 g/mol. The van der Waals surface area contributed by atoms with Gasteiger partial charge in [-0.05, 0) is 36.8 Å². The first-order chi connectivity index (χ1) is 10.0. The molecule has 116 valence electrons. The highest BCUT2D eigenvalue weighted by Gasteiger charge is 2.12. The minimum absolute atomic E-state index is 0.0592. The number of carbonyl (C=O) groups is 2. The number of unbranched alkanes of at least 4 members (excludes halogenated alkanes) is 2. The van der Waals surface area contributed by atoms with Gasteiger partial charge in [-0.3, -0.25) is 9.59 Å². The van der Waals surface area contributed by atoms with E-state index in [1.54, 1.807) is 0 Å². The maximum absolute atomic E-state index is 11.9. The molecule has 0 bridgehead atoms. The van der Waals surface area contributed by atoms with Crippen molar-refractivity contribution < 1.29 is 14.7 Å². The Hall–Kier alpha value is -1.84. The number of nitrogens with one attached hydrogen (secondary N) is 1. The van der Waals surface area contributed by atoms with Gasteiger partial charge in [0.1, 0.15) is 0 Å². The third kappa shape index (κ3) is 6.93. The molecule has 0 aliphatic heterocycles. The van der Waals surface area contributed by atoms with Crippen LogP contribution < -0.4 is 5.32 Å². The lowest BCUT2D eigenvalue weighted by atomic mass is 9.93. The van der Waals surface area contributed by atoms with E-state index >= 15 is 0 Å². The summed E-state index contributed by atoms with van der Waals surface area (Å²) in [6, 6.07) is 8.13. The summed E-state index contributed by atoms with van der Waals surface area (Å²) in [5, 5.41) is 11.4. The molecule has 0 aromatic heterocycles. The molecule has 0 saturated heterocycles. The molecule has 0 aliphatic rings. The number of carboxylic acids is 1. The summed E-state index contributed by atoms with van der Waals surface area (Å²) >= 11 is 0. The molecule has 21 heavy (non-hydrogen) atoms. The zero-order valence-electron chi connectivity index (χ0n) is 12.9. The van der Waals surface area contributed by atoms with E-state index in [-0.39, 0.29) is 18.2 Å². The van der Waals surface area contributed by atoms with Crippen LogP contribution in [0.4, 0.5) is 0 Å². The largest absolute Gasteiger partial charge is 0.481 e. The Kier molecular flexibility index (Phi) is 7.51. The van der Waals surface area contributed by atoms with Crippen LogP contribution in [0.25, 0.3) is 0 Å². The van der Waals surface area contributed by atoms with Crippen LogP contribution in [0.2, 0.25) is 0 Å². The Bertz CT molecular complexity index is 471. The number of hydrogen-bond acceptors (Lipinski definition) is 2. The van der Waals surface area contributed by atoms with Gasteiger partial charge in [-0.25, -0.2) is 0 Å². The highest BCUT2D eigenvalue weighted by molar-refractivity contribution is 5.76. The van der Waals surface area contributed by atoms with Crippen LogP contribution in [0.5, 0.6) is 0 Å². The van der Waals surface area contributed by atoms with Crippen molar-refractivity contribution in [3.63, 3.8) is 0 Å². The summed E-state index contributed by atoms with van der Waals surface area (Å²) < 4.78 is 0. The number of amides is 1. The summed E-state index contributed by atoms with van der Waals surface area (Å²) in [4.78, 5) is 22.2. The highest BCUT2D eigenvalue weighted by atomic mass is 16.4. The second kappa shape index (κ2) is 9.16. The molecule has 1 amide bonds. The van der Waals surface area contributed by atoms with Crippen molar-refractivity contribution in [2.75, 3.05) is 6.54 Å². The Morgan fingerprint density at radius 1 is 1.19 bits per heavy atom. The summed E-state index contributed by atoms with van der Waals surface area (Å²) in [6.45, 7) is 4.75. The fourth-order valence-electron chi connectivity index (χ4n) is 2.41. The normalized spacial score (nSPS) is 11.9. The third-order valence-electron chi connectivity index (χ3n) is 3.60. The topological polar surface area (TPSA) is 66.4 Å². The lowest BCUT2D eigenvalue weighted by molar-refractivity contribution is -0.137. The molecule has 0 saturated carbocycles. The first-order valence-electron chi connectivity index (χ1n) is 7.54. The number of benzene rings is 1. The molecule has 1 atom stereocenters. The SMILES string of the molecule is Cc1ccccc1C(C)CC(=O)NCCCCCC(=O)O. The summed E-state index contributed by atoms with van der Waals surface area (Å²) in [5.74, 6) is -0.492. The lowest BCUT2D eigenvalue weighted by Gasteiger charge is -2.14. The molecular formula is C17H25NO3. The zero-order valence-corrected chi connectivity index (χ0v) is 12.9. The van der Waals surface area contributed by atoms with Gasteiger partial charge < -0.3 is 10.4 Å². The smallest absolute Gasteiger partial charge is 0.303 e. The maximum Gasteiger partial charge on any atom is 0.303 e. The van der Waals surface area contributed by atoms with Crippen molar-refractivity contribution in [2.45, 2.75) is 51.9 Å². The van der Waals surface area contributed by atoms with Crippen molar-refractivity contribution in [3.8, 4) is 0 Å². The molecule has 1 rings (SSSR count). The van der Waals surface area contributed by atoms with Crippen LogP contribution in [0.3, 0.4) is 0 Å². The summed E-state index contributed by atoms with van der Waals surface area (Å²) in [7, 11) is 0. The molecule has 2 N–H and O–H groups in total. The first kappa shape index (κ1) is 17.2. The molecule has 1 unspecified atom stereocenters. The van der Waals surface area contributed by atoms with Gasteiger partial charge in [0.2, 0.25) is 5.91 Å². The highest BCUT2D eigenvalue weighted by Crippen LogP contribution is 2.22. The van der Waals surface area contributed by atoms with E-state index in [0.717, 1.165) is 12.8 Å². The second-order valence-electron chi connectivity index (χ2n) is 5.52. The molecule has 1 aromatic carbocycles. The van der Waals surface area contributed by atoms with Gasteiger partial charge >= 0.3 is 5.97 Å². The minimum Gasteiger partial charge on any atom is -0.481 e. The van der Waals surface area contributed by atoms with Gasteiger partial charge in [0.05, 0.1) is 0 Å². The van der Waals surface area contributed by atoms with Crippen LogP contribution in [0.15, 0.2) is 24.3 Å². The predicted octanol–water partition coefficient (Wildman–Crippen LogP) is 3.25. The number of carbonyl (C=O) groups excluding carboxylic acids is 1. The van der Waals surface area contributed by atoms with Gasteiger partial charge in [-0.1, -0.05) is 37.6 Å². The van der Waals surface area contributed by atoms with Crippen LogP contribution in [0.1, 0.15) is 56.1 Å². The van der Waals surface area contributed by atoms with Gasteiger partial charge in [-0.15, -0.1) is 0 Å². The molecule has 0 aliphatic carbocycles.